The van der Waals surface area contributed by atoms with E-state index in [2.05, 4.69) is 4.98 Å². The fraction of sp³-hybridized carbons (Fsp3) is 0.118. The number of para-hydroxylation sites is 1. The Morgan fingerprint density at radius 2 is 1.80 bits per heavy atom. The molecule has 2 aromatic carbocycles. The minimum Gasteiger partial charge on any atom is -0.381 e. The number of halogens is 1. The SMILES string of the molecule is CC(O)(c1cccc(F)c1)c1cccc2cccnc12. The topological polar surface area (TPSA) is 33.1 Å². The van der Waals surface area contributed by atoms with Crippen LogP contribution in [0.25, 0.3) is 10.9 Å². The molecule has 2 nitrogen and oxygen atoms in total. The van der Waals surface area contributed by atoms with E-state index in [1.807, 2.05) is 30.3 Å². The molecule has 1 heterocycles. The summed E-state index contributed by atoms with van der Waals surface area (Å²) in [5, 5.41) is 11.8. The molecule has 3 aromatic rings. The highest BCUT2D eigenvalue weighted by atomic mass is 19.1. The monoisotopic (exact) mass is 267 g/mol. The summed E-state index contributed by atoms with van der Waals surface area (Å²) in [4.78, 5) is 4.34. The van der Waals surface area contributed by atoms with Gasteiger partial charge in [-0.2, -0.15) is 0 Å². The Bertz CT molecular complexity index is 762. The molecule has 0 amide bonds. The number of nitrogens with zero attached hydrogens (tertiary/aromatic N) is 1. The number of aliphatic hydroxyl groups is 1. The van der Waals surface area contributed by atoms with Crippen LogP contribution in [0.15, 0.2) is 60.8 Å². The molecule has 1 unspecified atom stereocenters. The van der Waals surface area contributed by atoms with Gasteiger partial charge in [0.2, 0.25) is 0 Å². The van der Waals surface area contributed by atoms with Crippen LogP contribution in [0.4, 0.5) is 4.39 Å². The van der Waals surface area contributed by atoms with Crippen molar-refractivity contribution in [3.63, 3.8) is 0 Å². The molecule has 0 fully saturated rings. The molecule has 3 heteroatoms. The standard InChI is InChI=1S/C17H14FNO/c1-17(20,13-7-3-8-14(18)11-13)15-9-2-5-12-6-4-10-19-16(12)15/h2-11,20H,1H3. The van der Waals surface area contributed by atoms with Crippen molar-refractivity contribution in [2.75, 3.05) is 0 Å². The Morgan fingerprint density at radius 3 is 2.60 bits per heavy atom. The van der Waals surface area contributed by atoms with Crippen molar-refractivity contribution in [2.24, 2.45) is 0 Å². The van der Waals surface area contributed by atoms with Crippen LogP contribution in [0, 0.1) is 5.82 Å². The Hall–Kier alpha value is -2.26. The van der Waals surface area contributed by atoms with E-state index in [0.717, 1.165) is 10.9 Å². The normalized spacial score (nSPS) is 14.2. The number of hydrogen-bond donors (Lipinski definition) is 1. The summed E-state index contributed by atoms with van der Waals surface area (Å²) in [7, 11) is 0. The van der Waals surface area contributed by atoms with Gasteiger partial charge in [-0.05, 0) is 30.7 Å². The van der Waals surface area contributed by atoms with Crippen molar-refractivity contribution < 1.29 is 9.50 Å². The molecule has 1 atom stereocenters. The Morgan fingerprint density at radius 1 is 1.05 bits per heavy atom. The Balaban J connectivity index is 2.23. The van der Waals surface area contributed by atoms with Crippen molar-refractivity contribution in [3.8, 4) is 0 Å². The second-order valence-electron chi connectivity index (χ2n) is 4.96. The predicted molar refractivity (Wildman–Crippen MR) is 76.8 cm³/mol. The van der Waals surface area contributed by atoms with Crippen LogP contribution in [-0.2, 0) is 5.60 Å². The van der Waals surface area contributed by atoms with Crippen molar-refractivity contribution in [3.05, 3.63) is 77.7 Å². The molecule has 0 saturated heterocycles. The third-order valence-electron chi connectivity index (χ3n) is 3.54. The summed E-state index contributed by atoms with van der Waals surface area (Å²) in [6, 6.07) is 15.4. The number of fused-ring (bicyclic) bond motifs is 1. The number of hydrogen-bond acceptors (Lipinski definition) is 2. The highest BCUT2D eigenvalue weighted by molar-refractivity contribution is 5.82. The van der Waals surface area contributed by atoms with Crippen molar-refractivity contribution in [2.45, 2.75) is 12.5 Å². The summed E-state index contributed by atoms with van der Waals surface area (Å²) in [6.07, 6.45) is 1.69. The maximum absolute atomic E-state index is 13.4. The number of benzene rings is 2. The number of aromatic nitrogens is 1. The molecule has 0 radical (unpaired) electrons. The highest BCUT2D eigenvalue weighted by Gasteiger charge is 2.28. The van der Waals surface area contributed by atoms with Crippen molar-refractivity contribution in [1.82, 2.24) is 4.98 Å². The van der Waals surface area contributed by atoms with Crippen LogP contribution >= 0.6 is 0 Å². The maximum Gasteiger partial charge on any atom is 0.123 e. The third kappa shape index (κ3) is 2.06. The first-order chi connectivity index (χ1) is 9.59. The lowest BCUT2D eigenvalue weighted by Gasteiger charge is -2.25. The van der Waals surface area contributed by atoms with Crippen LogP contribution in [0.5, 0.6) is 0 Å². The minimum absolute atomic E-state index is 0.365. The van der Waals surface area contributed by atoms with Crippen LogP contribution in [0.2, 0.25) is 0 Å². The van der Waals surface area contributed by atoms with Gasteiger partial charge in [0.15, 0.2) is 0 Å². The average molecular weight is 267 g/mol. The van der Waals surface area contributed by atoms with Gasteiger partial charge in [0.25, 0.3) is 0 Å². The van der Waals surface area contributed by atoms with Crippen molar-refractivity contribution >= 4 is 10.9 Å². The zero-order valence-corrected chi connectivity index (χ0v) is 11.0. The van der Waals surface area contributed by atoms with Gasteiger partial charge in [-0.15, -0.1) is 0 Å². The molecular formula is C17H14FNO. The third-order valence-corrected chi connectivity index (χ3v) is 3.54. The van der Waals surface area contributed by atoms with Gasteiger partial charge in [-0.1, -0.05) is 36.4 Å². The largest absolute Gasteiger partial charge is 0.381 e. The smallest absolute Gasteiger partial charge is 0.123 e. The van der Waals surface area contributed by atoms with E-state index < -0.39 is 5.60 Å². The van der Waals surface area contributed by atoms with E-state index in [1.165, 1.54) is 12.1 Å². The van der Waals surface area contributed by atoms with Gasteiger partial charge >= 0.3 is 0 Å². The fourth-order valence-corrected chi connectivity index (χ4v) is 2.44. The van der Waals surface area contributed by atoms with E-state index in [0.29, 0.717) is 11.1 Å². The zero-order valence-electron chi connectivity index (χ0n) is 11.0. The van der Waals surface area contributed by atoms with Crippen LogP contribution < -0.4 is 0 Å². The van der Waals surface area contributed by atoms with Gasteiger partial charge in [0, 0.05) is 17.1 Å². The van der Waals surface area contributed by atoms with E-state index >= 15 is 0 Å². The predicted octanol–water partition coefficient (Wildman–Crippen LogP) is 3.63. The molecule has 1 aromatic heterocycles. The first-order valence-corrected chi connectivity index (χ1v) is 6.42. The van der Waals surface area contributed by atoms with Gasteiger partial charge in [0.1, 0.15) is 11.4 Å². The molecule has 0 aliphatic carbocycles. The molecule has 0 aliphatic heterocycles. The Kier molecular flexibility index (Phi) is 2.99. The quantitative estimate of drug-likeness (QED) is 0.769. The lowest BCUT2D eigenvalue weighted by molar-refractivity contribution is 0.103. The van der Waals surface area contributed by atoms with E-state index in [-0.39, 0.29) is 5.82 Å². The fourth-order valence-electron chi connectivity index (χ4n) is 2.44. The second kappa shape index (κ2) is 4.69. The van der Waals surface area contributed by atoms with E-state index in [1.54, 1.807) is 25.3 Å². The van der Waals surface area contributed by atoms with Gasteiger partial charge < -0.3 is 5.11 Å². The lowest BCUT2D eigenvalue weighted by Crippen LogP contribution is -2.23. The summed E-state index contributed by atoms with van der Waals surface area (Å²) < 4.78 is 13.4. The molecular weight excluding hydrogens is 253 g/mol. The molecule has 3 rings (SSSR count). The van der Waals surface area contributed by atoms with Gasteiger partial charge in [0.05, 0.1) is 5.52 Å². The first-order valence-electron chi connectivity index (χ1n) is 6.42. The summed E-state index contributed by atoms with van der Waals surface area (Å²) in [5.41, 5.74) is 0.608. The van der Waals surface area contributed by atoms with E-state index in [4.69, 9.17) is 0 Å². The molecule has 0 spiro atoms. The molecule has 1 N–H and O–H groups in total. The van der Waals surface area contributed by atoms with Gasteiger partial charge in [-0.3, -0.25) is 4.98 Å². The van der Waals surface area contributed by atoms with Crippen LogP contribution in [0.3, 0.4) is 0 Å². The number of rotatable bonds is 2. The summed E-state index contributed by atoms with van der Waals surface area (Å²) in [5.74, 6) is -0.365. The van der Waals surface area contributed by atoms with Crippen LogP contribution in [-0.4, -0.2) is 10.1 Å². The lowest BCUT2D eigenvalue weighted by atomic mass is 9.87. The summed E-state index contributed by atoms with van der Waals surface area (Å²) >= 11 is 0. The molecule has 0 bridgehead atoms. The molecule has 0 saturated carbocycles. The first kappa shape index (κ1) is 12.8. The molecule has 0 aliphatic rings. The van der Waals surface area contributed by atoms with Crippen molar-refractivity contribution in [1.29, 1.82) is 0 Å². The van der Waals surface area contributed by atoms with E-state index in [9.17, 15) is 9.50 Å². The summed E-state index contributed by atoms with van der Waals surface area (Å²) in [6.45, 7) is 1.66. The zero-order chi connectivity index (χ0) is 14.2. The number of pyridine rings is 1. The van der Waals surface area contributed by atoms with Gasteiger partial charge in [-0.25, -0.2) is 4.39 Å². The van der Waals surface area contributed by atoms with Crippen LogP contribution in [0.1, 0.15) is 18.1 Å². The molecule has 100 valence electrons. The second-order valence-corrected chi connectivity index (χ2v) is 4.96. The average Bonchev–Trinajstić information content (AvgIpc) is 2.46. The minimum atomic E-state index is -1.30. The molecule has 20 heavy (non-hydrogen) atoms. The Labute approximate surface area is 116 Å². The highest BCUT2D eigenvalue weighted by Crippen LogP contribution is 2.33. The maximum atomic E-state index is 13.4.